The van der Waals surface area contributed by atoms with Crippen LogP contribution in [0.15, 0.2) is 40.2 Å². The van der Waals surface area contributed by atoms with Gasteiger partial charge in [-0.2, -0.15) is 4.98 Å². The van der Waals surface area contributed by atoms with E-state index < -0.39 is 0 Å². The first-order valence-corrected chi connectivity index (χ1v) is 10.8. The minimum atomic E-state index is -0.235. The molecule has 0 saturated carbocycles. The van der Waals surface area contributed by atoms with Crippen LogP contribution in [0.3, 0.4) is 0 Å². The molecule has 0 spiro atoms. The molecule has 0 aliphatic carbocycles. The predicted octanol–water partition coefficient (Wildman–Crippen LogP) is 5.01. The Morgan fingerprint density at radius 2 is 1.90 bits per heavy atom. The Balaban J connectivity index is 1.40. The minimum Gasteiger partial charge on any atom is -0.356 e. The molecule has 0 fully saturated rings. The fourth-order valence-corrected chi connectivity index (χ4v) is 4.73. The van der Waals surface area contributed by atoms with Crippen LogP contribution in [-0.2, 0) is 11.2 Å². The number of aryl methyl sites for hydroxylation is 4. The van der Waals surface area contributed by atoms with Gasteiger partial charge < -0.3 is 4.52 Å². The van der Waals surface area contributed by atoms with Gasteiger partial charge in [0.15, 0.2) is 5.58 Å². The SMILES string of the molecule is Cc1ccc(-c2csc3nc(NC(=O)Cc4noc5c(C)cc(C)cc45)nn23)c(C)c1. The van der Waals surface area contributed by atoms with E-state index in [1.54, 1.807) is 4.52 Å². The lowest BCUT2D eigenvalue weighted by molar-refractivity contribution is -0.115. The molecule has 3 heterocycles. The Morgan fingerprint density at radius 1 is 1.10 bits per heavy atom. The van der Waals surface area contributed by atoms with Gasteiger partial charge in [0.05, 0.1) is 12.1 Å². The van der Waals surface area contributed by atoms with Gasteiger partial charge >= 0.3 is 0 Å². The van der Waals surface area contributed by atoms with E-state index in [1.165, 1.54) is 22.5 Å². The van der Waals surface area contributed by atoms with Crippen LogP contribution in [0, 0.1) is 27.7 Å². The van der Waals surface area contributed by atoms with Crippen LogP contribution in [0.2, 0.25) is 0 Å². The highest BCUT2D eigenvalue weighted by Crippen LogP contribution is 2.29. The van der Waals surface area contributed by atoms with Crippen molar-refractivity contribution in [2.45, 2.75) is 34.1 Å². The second kappa shape index (κ2) is 7.31. The van der Waals surface area contributed by atoms with Gasteiger partial charge in [0, 0.05) is 16.3 Å². The number of rotatable bonds is 4. The first-order chi connectivity index (χ1) is 14.9. The summed E-state index contributed by atoms with van der Waals surface area (Å²) in [6.07, 6.45) is 0.0900. The standard InChI is InChI=1S/C23H21N5O2S/c1-12-5-6-16(14(3)7-12)19-11-31-23-25-22(26-28(19)23)24-20(29)10-18-17-9-13(2)8-15(4)21(17)30-27-18/h5-9,11H,10H2,1-4H3,(H,24,26,29). The fraction of sp³-hybridized carbons (Fsp3) is 0.217. The number of fused-ring (bicyclic) bond motifs is 2. The van der Waals surface area contributed by atoms with E-state index in [4.69, 9.17) is 4.52 Å². The van der Waals surface area contributed by atoms with E-state index in [-0.39, 0.29) is 18.3 Å². The van der Waals surface area contributed by atoms with Crippen molar-refractivity contribution in [2.24, 2.45) is 0 Å². The first-order valence-electron chi connectivity index (χ1n) is 9.96. The third-order valence-corrected chi connectivity index (χ3v) is 6.11. The number of carbonyl (C=O) groups excluding carboxylic acids is 1. The molecule has 0 radical (unpaired) electrons. The lowest BCUT2D eigenvalue weighted by atomic mass is 10.0. The summed E-state index contributed by atoms with van der Waals surface area (Å²) in [7, 11) is 0. The highest BCUT2D eigenvalue weighted by atomic mass is 32.1. The lowest BCUT2D eigenvalue weighted by Crippen LogP contribution is -2.16. The summed E-state index contributed by atoms with van der Waals surface area (Å²) >= 11 is 1.49. The highest BCUT2D eigenvalue weighted by molar-refractivity contribution is 7.15. The molecule has 0 saturated heterocycles. The molecular weight excluding hydrogens is 410 g/mol. The van der Waals surface area contributed by atoms with Crippen molar-refractivity contribution in [3.8, 4) is 11.3 Å². The molecule has 3 aromatic heterocycles. The molecule has 0 aliphatic heterocycles. The van der Waals surface area contributed by atoms with Crippen molar-refractivity contribution in [3.63, 3.8) is 0 Å². The maximum atomic E-state index is 12.7. The lowest BCUT2D eigenvalue weighted by Gasteiger charge is -2.05. The number of nitrogens with zero attached hydrogens (tertiary/aromatic N) is 4. The van der Waals surface area contributed by atoms with Gasteiger partial charge in [-0.25, -0.2) is 4.52 Å². The number of hydrogen-bond donors (Lipinski definition) is 1. The van der Waals surface area contributed by atoms with E-state index in [1.807, 2.05) is 31.4 Å². The maximum Gasteiger partial charge on any atom is 0.250 e. The van der Waals surface area contributed by atoms with Crippen molar-refractivity contribution in [3.05, 3.63) is 63.7 Å². The molecule has 0 atom stereocenters. The van der Waals surface area contributed by atoms with Gasteiger partial charge in [-0.15, -0.1) is 16.4 Å². The molecule has 2 aromatic carbocycles. The average Bonchev–Trinajstić information content (AvgIpc) is 3.37. The van der Waals surface area contributed by atoms with E-state index in [9.17, 15) is 4.79 Å². The first kappa shape index (κ1) is 19.4. The number of carbonyl (C=O) groups is 1. The molecule has 8 heteroatoms. The topological polar surface area (TPSA) is 85.3 Å². The Hall–Kier alpha value is -3.52. The van der Waals surface area contributed by atoms with Crippen LogP contribution in [-0.4, -0.2) is 25.7 Å². The predicted molar refractivity (Wildman–Crippen MR) is 122 cm³/mol. The number of anilines is 1. The number of thiazole rings is 1. The third kappa shape index (κ3) is 3.48. The van der Waals surface area contributed by atoms with Crippen molar-refractivity contribution in [1.82, 2.24) is 19.8 Å². The Morgan fingerprint density at radius 3 is 2.71 bits per heavy atom. The molecule has 1 amide bonds. The summed E-state index contributed by atoms with van der Waals surface area (Å²) in [6, 6.07) is 10.3. The van der Waals surface area contributed by atoms with Crippen LogP contribution in [0.25, 0.3) is 27.2 Å². The number of benzene rings is 2. The zero-order valence-corrected chi connectivity index (χ0v) is 18.5. The highest BCUT2D eigenvalue weighted by Gasteiger charge is 2.18. The molecule has 1 N–H and O–H groups in total. The van der Waals surface area contributed by atoms with Crippen molar-refractivity contribution in [1.29, 1.82) is 0 Å². The van der Waals surface area contributed by atoms with Crippen molar-refractivity contribution in [2.75, 3.05) is 5.32 Å². The summed E-state index contributed by atoms with van der Waals surface area (Å²) in [5.74, 6) is 0.0451. The Labute approximate surface area is 182 Å². The summed E-state index contributed by atoms with van der Waals surface area (Å²) in [4.78, 5) is 17.8. The van der Waals surface area contributed by atoms with Crippen LogP contribution >= 0.6 is 11.3 Å². The van der Waals surface area contributed by atoms with Crippen LogP contribution < -0.4 is 5.32 Å². The molecule has 0 bridgehead atoms. The smallest absolute Gasteiger partial charge is 0.250 e. The van der Waals surface area contributed by atoms with Gasteiger partial charge in [-0.3, -0.25) is 10.1 Å². The van der Waals surface area contributed by atoms with E-state index in [0.717, 1.165) is 32.7 Å². The molecule has 0 aliphatic rings. The monoisotopic (exact) mass is 431 g/mol. The average molecular weight is 432 g/mol. The van der Waals surface area contributed by atoms with E-state index in [2.05, 4.69) is 52.6 Å². The molecule has 5 aromatic rings. The number of nitrogens with one attached hydrogen (secondary N) is 1. The zero-order valence-electron chi connectivity index (χ0n) is 17.7. The molecule has 7 nitrogen and oxygen atoms in total. The summed E-state index contributed by atoms with van der Waals surface area (Å²) in [5, 5.41) is 14.3. The third-order valence-electron chi connectivity index (χ3n) is 5.30. The number of amides is 1. The van der Waals surface area contributed by atoms with E-state index in [0.29, 0.717) is 11.3 Å². The summed E-state index contributed by atoms with van der Waals surface area (Å²) in [6.45, 7) is 8.14. The van der Waals surface area contributed by atoms with E-state index >= 15 is 0 Å². The Bertz CT molecular complexity index is 1460. The van der Waals surface area contributed by atoms with Crippen LogP contribution in [0.5, 0.6) is 0 Å². The molecule has 156 valence electrons. The van der Waals surface area contributed by atoms with Gasteiger partial charge in [0.1, 0.15) is 5.69 Å². The zero-order chi connectivity index (χ0) is 21.7. The normalized spacial score (nSPS) is 11.5. The largest absolute Gasteiger partial charge is 0.356 e. The van der Waals surface area contributed by atoms with Crippen molar-refractivity contribution < 1.29 is 9.32 Å². The van der Waals surface area contributed by atoms with Crippen LogP contribution in [0.4, 0.5) is 5.95 Å². The molecule has 31 heavy (non-hydrogen) atoms. The number of hydrogen-bond acceptors (Lipinski definition) is 6. The summed E-state index contributed by atoms with van der Waals surface area (Å²) < 4.78 is 7.22. The van der Waals surface area contributed by atoms with Gasteiger partial charge in [-0.1, -0.05) is 35.0 Å². The second-order valence-electron chi connectivity index (χ2n) is 7.88. The molecule has 0 unspecified atom stereocenters. The second-order valence-corrected chi connectivity index (χ2v) is 8.72. The molecule has 5 rings (SSSR count). The van der Waals surface area contributed by atoms with Crippen molar-refractivity contribution >= 4 is 39.1 Å². The fourth-order valence-electron chi connectivity index (χ4n) is 3.91. The van der Waals surface area contributed by atoms with Crippen LogP contribution in [0.1, 0.15) is 27.9 Å². The van der Waals surface area contributed by atoms with Gasteiger partial charge in [0.25, 0.3) is 0 Å². The quantitative estimate of drug-likeness (QED) is 0.432. The molecular formula is C23H21N5O2S. The minimum absolute atomic E-state index is 0.0900. The number of aromatic nitrogens is 4. The Kier molecular flexibility index (Phi) is 4.59. The van der Waals surface area contributed by atoms with Gasteiger partial charge in [-0.05, 0) is 50.5 Å². The maximum absolute atomic E-state index is 12.7. The summed E-state index contributed by atoms with van der Waals surface area (Å²) in [5.41, 5.74) is 7.87. The van der Waals surface area contributed by atoms with Gasteiger partial charge in [0.2, 0.25) is 16.8 Å².